The number of alkyl halides is 1. The fourth-order valence-electron chi connectivity index (χ4n) is 1.79. The average molecular weight is 445 g/mol. The summed E-state index contributed by atoms with van der Waals surface area (Å²) in [5.41, 5.74) is 0. The molecule has 3 N–H and O–H groups in total. The van der Waals surface area contributed by atoms with Crippen LogP contribution in [0.4, 0.5) is 0 Å². The summed E-state index contributed by atoms with van der Waals surface area (Å²) in [4.78, 5) is 0. The Morgan fingerprint density at radius 3 is 2.32 bits per heavy atom. The van der Waals surface area contributed by atoms with Gasteiger partial charge in [0.15, 0.2) is 0 Å². The molecule has 5 atom stereocenters. The lowest BCUT2D eigenvalue weighted by Gasteiger charge is -2.39. The zero-order valence-electron chi connectivity index (χ0n) is 9.82. The van der Waals surface area contributed by atoms with Crippen molar-refractivity contribution in [1.82, 2.24) is 0 Å². The number of rotatable bonds is 3. The van der Waals surface area contributed by atoms with Crippen molar-refractivity contribution < 1.29 is 24.8 Å². The van der Waals surface area contributed by atoms with Crippen LogP contribution in [0, 0.1) is 0 Å². The molecular formula is C12H14BrIO5. The maximum absolute atomic E-state index is 9.87. The van der Waals surface area contributed by atoms with E-state index in [0.29, 0.717) is 10.2 Å². The molecule has 1 heterocycles. The van der Waals surface area contributed by atoms with Crippen molar-refractivity contribution in [2.75, 3.05) is 4.43 Å². The second kappa shape index (κ2) is 6.68. The van der Waals surface area contributed by atoms with Crippen LogP contribution in [0.15, 0.2) is 28.7 Å². The molecule has 1 aromatic carbocycles. The number of halogens is 2. The van der Waals surface area contributed by atoms with Crippen molar-refractivity contribution in [2.24, 2.45) is 0 Å². The molecule has 0 aromatic heterocycles. The van der Waals surface area contributed by atoms with Gasteiger partial charge < -0.3 is 24.8 Å². The monoisotopic (exact) mass is 444 g/mol. The highest BCUT2D eigenvalue weighted by Crippen LogP contribution is 2.26. The summed E-state index contributed by atoms with van der Waals surface area (Å²) in [5, 5.41) is 29.4. The van der Waals surface area contributed by atoms with Crippen molar-refractivity contribution in [3.63, 3.8) is 0 Å². The Hall–Kier alpha value is 0.0700. The summed E-state index contributed by atoms with van der Waals surface area (Å²) >= 11 is 5.36. The number of aliphatic hydroxyl groups is 3. The van der Waals surface area contributed by atoms with Crippen molar-refractivity contribution >= 4 is 38.5 Å². The number of ether oxygens (including phenoxy) is 2. The minimum absolute atomic E-state index is 0.489. The molecular weight excluding hydrogens is 431 g/mol. The predicted octanol–water partition coefficient (Wildman–Crippen LogP) is 1.07. The van der Waals surface area contributed by atoms with Crippen LogP contribution in [0.3, 0.4) is 0 Å². The summed E-state index contributed by atoms with van der Waals surface area (Å²) in [7, 11) is 0. The fraction of sp³-hybridized carbons (Fsp3) is 0.500. The molecule has 1 aromatic rings. The quantitative estimate of drug-likeness (QED) is 0.480. The SMILES string of the molecule is O[C@H]1[C@H](O)[C@@H](Oc2ccc(Br)cc2)O[C@@H](CI)[C@H]1O. The molecule has 0 spiro atoms. The van der Waals surface area contributed by atoms with Crippen LogP contribution >= 0.6 is 38.5 Å². The smallest absolute Gasteiger partial charge is 0.229 e. The van der Waals surface area contributed by atoms with E-state index >= 15 is 0 Å². The van der Waals surface area contributed by atoms with Crippen molar-refractivity contribution in [3.05, 3.63) is 28.7 Å². The van der Waals surface area contributed by atoms with Crippen LogP contribution < -0.4 is 4.74 Å². The van der Waals surface area contributed by atoms with Gasteiger partial charge in [-0.05, 0) is 24.3 Å². The highest BCUT2D eigenvalue weighted by Gasteiger charge is 2.44. The van der Waals surface area contributed by atoms with Gasteiger partial charge in [-0.1, -0.05) is 38.5 Å². The lowest BCUT2D eigenvalue weighted by Crippen LogP contribution is -2.59. The molecule has 19 heavy (non-hydrogen) atoms. The third kappa shape index (κ3) is 3.59. The van der Waals surface area contributed by atoms with Gasteiger partial charge in [-0.2, -0.15) is 0 Å². The molecule has 0 radical (unpaired) electrons. The van der Waals surface area contributed by atoms with Gasteiger partial charge >= 0.3 is 0 Å². The highest BCUT2D eigenvalue weighted by atomic mass is 127. The third-order valence-electron chi connectivity index (χ3n) is 2.89. The van der Waals surface area contributed by atoms with Crippen LogP contribution in [0.1, 0.15) is 0 Å². The number of hydrogen-bond acceptors (Lipinski definition) is 5. The van der Waals surface area contributed by atoms with E-state index in [1.807, 2.05) is 22.6 Å². The van der Waals surface area contributed by atoms with E-state index < -0.39 is 30.7 Å². The van der Waals surface area contributed by atoms with Gasteiger partial charge in [-0.3, -0.25) is 0 Å². The van der Waals surface area contributed by atoms with Crippen molar-refractivity contribution in [2.45, 2.75) is 30.7 Å². The molecule has 0 amide bonds. The Labute approximate surface area is 132 Å². The molecule has 0 unspecified atom stereocenters. The molecule has 0 saturated carbocycles. The summed E-state index contributed by atoms with van der Waals surface area (Å²) < 4.78 is 12.4. The summed E-state index contributed by atoms with van der Waals surface area (Å²) in [6.45, 7) is 0. The Bertz CT molecular complexity index is 413. The molecule has 1 fully saturated rings. The van der Waals surface area contributed by atoms with Crippen LogP contribution in [-0.4, -0.2) is 50.5 Å². The van der Waals surface area contributed by atoms with Crippen LogP contribution in [0.25, 0.3) is 0 Å². The van der Waals surface area contributed by atoms with E-state index in [0.717, 1.165) is 4.47 Å². The molecule has 2 rings (SSSR count). The average Bonchev–Trinajstić information content (AvgIpc) is 2.42. The Morgan fingerprint density at radius 2 is 1.74 bits per heavy atom. The summed E-state index contributed by atoms with van der Waals surface area (Å²) in [5.74, 6) is 0.517. The lowest BCUT2D eigenvalue weighted by atomic mass is 10.00. The summed E-state index contributed by atoms with van der Waals surface area (Å²) in [6.07, 6.45) is -5.26. The summed E-state index contributed by atoms with van der Waals surface area (Å²) in [6, 6.07) is 7.03. The molecule has 5 nitrogen and oxygen atoms in total. The van der Waals surface area contributed by atoms with Gasteiger partial charge in [0.2, 0.25) is 6.29 Å². The van der Waals surface area contributed by atoms with E-state index in [1.165, 1.54) is 0 Å². The first kappa shape index (κ1) is 15.5. The van der Waals surface area contributed by atoms with Gasteiger partial charge in [0.05, 0.1) is 6.10 Å². The normalized spacial score (nSPS) is 35.1. The Balaban J connectivity index is 2.08. The van der Waals surface area contributed by atoms with Gasteiger partial charge in [-0.25, -0.2) is 0 Å². The zero-order chi connectivity index (χ0) is 14.0. The van der Waals surface area contributed by atoms with E-state index in [1.54, 1.807) is 24.3 Å². The maximum Gasteiger partial charge on any atom is 0.229 e. The minimum atomic E-state index is -1.29. The van der Waals surface area contributed by atoms with Crippen molar-refractivity contribution in [1.29, 1.82) is 0 Å². The van der Waals surface area contributed by atoms with Gasteiger partial charge in [0.25, 0.3) is 0 Å². The van der Waals surface area contributed by atoms with Gasteiger partial charge in [0.1, 0.15) is 24.1 Å². The topological polar surface area (TPSA) is 79.2 Å². The van der Waals surface area contributed by atoms with Crippen LogP contribution in [0.2, 0.25) is 0 Å². The molecule has 1 aliphatic heterocycles. The fourth-order valence-corrected chi connectivity index (χ4v) is 2.78. The number of aliphatic hydroxyl groups excluding tert-OH is 3. The molecule has 106 valence electrons. The van der Waals surface area contributed by atoms with Crippen LogP contribution in [-0.2, 0) is 4.74 Å². The first-order chi connectivity index (χ1) is 9.02. The van der Waals surface area contributed by atoms with E-state index in [9.17, 15) is 15.3 Å². The lowest BCUT2D eigenvalue weighted by molar-refractivity contribution is -0.266. The van der Waals surface area contributed by atoms with E-state index in [-0.39, 0.29) is 0 Å². The van der Waals surface area contributed by atoms with E-state index in [4.69, 9.17) is 9.47 Å². The largest absolute Gasteiger partial charge is 0.462 e. The van der Waals surface area contributed by atoms with Crippen molar-refractivity contribution in [3.8, 4) is 5.75 Å². The highest BCUT2D eigenvalue weighted by molar-refractivity contribution is 14.1. The van der Waals surface area contributed by atoms with E-state index in [2.05, 4.69) is 15.9 Å². The number of hydrogen-bond donors (Lipinski definition) is 3. The van der Waals surface area contributed by atoms with Crippen LogP contribution in [0.5, 0.6) is 5.75 Å². The first-order valence-corrected chi connectivity index (χ1v) is 8.02. The Morgan fingerprint density at radius 1 is 1.11 bits per heavy atom. The number of benzene rings is 1. The third-order valence-corrected chi connectivity index (χ3v) is 4.28. The second-order valence-corrected chi connectivity index (χ2v) is 6.04. The minimum Gasteiger partial charge on any atom is -0.462 e. The van der Waals surface area contributed by atoms with Gasteiger partial charge in [-0.15, -0.1) is 0 Å². The van der Waals surface area contributed by atoms with Gasteiger partial charge in [0, 0.05) is 8.90 Å². The zero-order valence-corrected chi connectivity index (χ0v) is 13.6. The maximum atomic E-state index is 9.87. The Kier molecular flexibility index (Phi) is 5.44. The predicted molar refractivity (Wildman–Crippen MR) is 80.3 cm³/mol. The first-order valence-electron chi connectivity index (χ1n) is 5.71. The second-order valence-electron chi connectivity index (χ2n) is 4.24. The molecule has 0 bridgehead atoms. The molecule has 1 saturated heterocycles. The molecule has 0 aliphatic carbocycles. The standard InChI is InChI=1S/C12H14BrIO5/c13-6-1-3-7(4-2-6)18-12-11(17)10(16)9(15)8(5-14)19-12/h1-4,8-12,15-17H,5H2/t8-,9+,10+,11-,12-/m0/s1. The molecule has 1 aliphatic rings. The molecule has 7 heteroatoms.